The molecular formula is C5H14NO3P. The fraction of sp³-hybridized carbons (Fsp3) is 1.00. The number of hydrogen-bond acceptors (Lipinski definition) is 2. The molecule has 0 saturated heterocycles. The largest absolute Gasteiger partial charge is 0.405 e. The molecule has 0 aliphatic rings. The predicted molar refractivity (Wildman–Crippen MR) is 39.8 cm³/mol. The summed E-state index contributed by atoms with van der Waals surface area (Å²) in [5.41, 5.74) is 0. The van der Waals surface area contributed by atoms with Crippen LogP contribution in [-0.4, -0.2) is 29.8 Å². The summed E-state index contributed by atoms with van der Waals surface area (Å²) in [7, 11) is -2.22. The van der Waals surface area contributed by atoms with E-state index in [2.05, 4.69) is 4.52 Å². The Hall–Kier alpha value is 0.110. The Labute approximate surface area is 61.4 Å². The van der Waals surface area contributed by atoms with Crippen LogP contribution in [0.15, 0.2) is 0 Å². The van der Waals surface area contributed by atoms with Crippen LogP contribution in [0.5, 0.6) is 0 Å². The van der Waals surface area contributed by atoms with Crippen molar-refractivity contribution < 1.29 is 14.0 Å². The van der Waals surface area contributed by atoms with Gasteiger partial charge in [0.1, 0.15) is 0 Å². The van der Waals surface area contributed by atoms with Crippen molar-refractivity contribution in [1.29, 1.82) is 0 Å². The molecule has 1 atom stereocenters. The molecule has 0 aromatic heterocycles. The second-order valence-corrected chi connectivity index (χ2v) is 3.72. The normalized spacial score (nSPS) is 17.3. The highest BCUT2D eigenvalue weighted by atomic mass is 31.2. The van der Waals surface area contributed by atoms with Crippen molar-refractivity contribution in [3.8, 4) is 0 Å². The summed E-state index contributed by atoms with van der Waals surface area (Å²) in [6.07, 6.45) is 0. The molecule has 0 saturated carbocycles. The Bertz CT molecular complexity index is 135. The summed E-state index contributed by atoms with van der Waals surface area (Å²) in [5, 5.41) is 0. The van der Waals surface area contributed by atoms with Gasteiger partial charge < -0.3 is 9.42 Å². The number of rotatable bonds is 4. The molecule has 0 aliphatic heterocycles. The summed E-state index contributed by atoms with van der Waals surface area (Å²) in [6, 6.07) is 0. The molecule has 0 amide bonds. The molecule has 0 bridgehead atoms. The van der Waals surface area contributed by atoms with E-state index in [1.807, 2.05) is 13.8 Å². The maximum atomic E-state index is 11.0. The molecule has 1 N–H and O–H groups in total. The highest BCUT2D eigenvalue weighted by Gasteiger charge is 2.24. The maximum Gasteiger partial charge on any atom is 0.405 e. The van der Waals surface area contributed by atoms with E-state index in [1.165, 1.54) is 11.8 Å². The molecule has 0 spiro atoms. The van der Waals surface area contributed by atoms with Crippen molar-refractivity contribution in [2.75, 3.05) is 20.2 Å². The Morgan fingerprint density at radius 1 is 1.50 bits per heavy atom. The van der Waals surface area contributed by atoms with Crippen molar-refractivity contribution in [1.82, 2.24) is 4.67 Å². The van der Waals surface area contributed by atoms with Gasteiger partial charge in [0.25, 0.3) is 0 Å². The first-order valence-electron chi connectivity index (χ1n) is 3.22. The monoisotopic (exact) mass is 167 g/mol. The van der Waals surface area contributed by atoms with Crippen LogP contribution in [-0.2, 0) is 9.09 Å². The van der Waals surface area contributed by atoms with Crippen molar-refractivity contribution in [3.63, 3.8) is 0 Å². The molecule has 0 fully saturated rings. The van der Waals surface area contributed by atoms with Gasteiger partial charge in [-0.2, -0.15) is 0 Å². The van der Waals surface area contributed by atoms with Crippen molar-refractivity contribution in [2.24, 2.45) is 0 Å². The molecule has 0 radical (unpaired) electrons. The maximum absolute atomic E-state index is 11.0. The zero-order valence-corrected chi connectivity index (χ0v) is 7.47. The Balaban J connectivity index is 4.12. The lowest BCUT2D eigenvalue weighted by Gasteiger charge is -2.21. The molecule has 0 heterocycles. The quantitative estimate of drug-likeness (QED) is 0.636. The van der Waals surface area contributed by atoms with Gasteiger partial charge in [-0.05, 0) is 0 Å². The van der Waals surface area contributed by atoms with E-state index in [-0.39, 0.29) is 0 Å². The lowest BCUT2D eigenvalue weighted by Crippen LogP contribution is -2.19. The lowest BCUT2D eigenvalue weighted by molar-refractivity contribution is 0.244. The third kappa shape index (κ3) is 2.39. The minimum Gasteiger partial charge on any atom is -0.312 e. The first-order chi connectivity index (χ1) is 4.58. The van der Waals surface area contributed by atoms with Gasteiger partial charge in [-0.15, -0.1) is 0 Å². The van der Waals surface area contributed by atoms with Gasteiger partial charge in [-0.25, -0.2) is 9.24 Å². The molecule has 62 valence electrons. The summed E-state index contributed by atoms with van der Waals surface area (Å²) in [5.74, 6) is 0. The smallest absolute Gasteiger partial charge is 0.312 e. The van der Waals surface area contributed by atoms with Gasteiger partial charge >= 0.3 is 7.75 Å². The standard InChI is InChI=1S/C5H14NO3P/c1-4-6(5-2)10(7,8)9-3/h4-5H2,1-3H3,(H,7,8). The highest BCUT2D eigenvalue weighted by molar-refractivity contribution is 7.50. The fourth-order valence-corrected chi connectivity index (χ4v) is 1.64. The Morgan fingerprint density at radius 3 is 2.00 bits per heavy atom. The van der Waals surface area contributed by atoms with Crippen molar-refractivity contribution in [3.05, 3.63) is 0 Å². The van der Waals surface area contributed by atoms with Crippen LogP contribution in [0.2, 0.25) is 0 Å². The van der Waals surface area contributed by atoms with E-state index in [0.717, 1.165) is 0 Å². The van der Waals surface area contributed by atoms with Crippen molar-refractivity contribution in [2.45, 2.75) is 13.8 Å². The van der Waals surface area contributed by atoms with Crippen LogP contribution in [0.1, 0.15) is 13.8 Å². The predicted octanol–water partition coefficient (Wildman–Crippen LogP) is 1.07. The first kappa shape index (κ1) is 10.1. The summed E-state index contributed by atoms with van der Waals surface area (Å²) in [4.78, 5) is 9.04. The van der Waals surface area contributed by atoms with Crippen LogP contribution in [0.3, 0.4) is 0 Å². The third-order valence-corrected chi connectivity index (χ3v) is 3.08. The lowest BCUT2D eigenvalue weighted by atomic mass is 10.7. The fourth-order valence-electron chi connectivity index (χ4n) is 0.697. The Kier molecular flexibility index (Phi) is 4.13. The van der Waals surface area contributed by atoms with Gasteiger partial charge in [0.2, 0.25) is 0 Å². The minimum absolute atomic E-state index is 0.526. The van der Waals surface area contributed by atoms with E-state index in [4.69, 9.17) is 4.89 Å². The second-order valence-electron chi connectivity index (χ2n) is 1.81. The van der Waals surface area contributed by atoms with E-state index in [1.54, 1.807) is 0 Å². The van der Waals surface area contributed by atoms with Gasteiger partial charge in [0.15, 0.2) is 0 Å². The van der Waals surface area contributed by atoms with Crippen molar-refractivity contribution >= 4 is 7.75 Å². The van der Waals surface area contributed by atoms with E-state index < -0.39 is 7.75 Å². The van der Waals surface area contributed by atoms with Gasteiger partial charge in [0, 0.05) is 20.2 Å². The zero-order chi connectivity index (χ0) is 8.20. The molecule has 10 heavy (non-hydrogen) atoms. The second kappa shape index (κ2) is 4.09. The molecule has 5 heteroatoms. The van der Waals surface area contributed by atoms with Gasteiger partial charge in [-0.3, -0.25) is 0 Å². The summed E-state index contributed by atoms with van der Waals surface area (Å²) >= 11 is 0. The zero-order valence-electron chi connectivity index (χ0n) is 6.57. The summed E-state index contributed by atoms with van der Waals surface area (Å²) in [6.45, 7) is 4.67. The van der Waals surface area contributed by atoms with Crippen LogP contribution >= 0.6 is 7.75 Å². The molecule has 0 rings (SSSR count). The average Bonchev–Trinajstić information content (AvgIpc) is 1.90. The summed E-state index contributed by atoms with van der Waals surface area (Å²) < 4.78 is 16.8. The molecular weight excluding hydrogens is 153 g/mol. The molecule has 0 aromatic carbocycles. The van der Waals surface area contributed by atoms with E-state index in [9.17, 15) is 4.57 Å². The van der Waals surface area contributed by atoms with Gasteiger partial charge in [0.05, 0.1) is 0 Å². The van der Waals surface area contributed by atoms with Gasteiger partial charge in [-0.1, -0.05) is 13.8 Å². The van der Waals surface area contributed by atoms with E-state index >= 15 is 0 Å². The highest BCUT2D eigenvalue weighted by Crippen LogP contribution is 2.44. The van der Waals surface area contributed by atoms with Crippen LogP contribution in [0, 0.1) is 0 Å². The molecule has 4 nitrogen and oxygen atoms in total. The average molecular weight is 167 g/mol. The number of nitrogens with zero attached hydrogens (tertiary/aromatic N) is 1. The van der Waals surface area contributed by atoms with Crippen LogP contribution < -0.4 is 0 Å². The minimum atomic E-state index is -3.45. The third-order valence-electron chi connectivity index (χ3n) is 1.33. The van der Waals surface area contributed by atoms with E-state index in [0.29, 0.717) is 13.1 Å². The molecule has 0 aromatic rings. The van der Waals surface area contributed by atoms with Crippen LogP contribution in [0.4, 0.5) is 0 Å². The topological polar surface area (TPSA) is 49.8 Å². The SMILES string of the molecule is CCN(CC)P(=O)(O)OC. The molecule has 0 aliphatic carbocycles. The Morgan fingerprint density at radius 2 is 1.90 bits per heavy atom. The first-order valence-corrected chi connectivity index (χ1v) is 4.75. The molecule has 1 unspecified atom stereocenters. The number of hydrogen-bond donors (Lipinski definition) is 1. The van der Waals surface area contributed by atoms with Crippen LogP contribution in [0.25, 0.3) is 0 Å².